The van der Waals surface area contributed by atoms with Crippen LogP contribution in [0.1, 0.15) is 18.4 Å². The van der Waals surface area contributed by atoms with Gasteiger partial charge in [-0.25, -0.2) is 0 Å². The van der Waals surface area contributed by atoms with Crippen molar-refractivity contribution in [1.29, 1.82) is 0 Å². The molecule has 4 nitrogen and oxygen atoms in total. The monoisotopic (exact) mass is 225 g/mol. The van der Waals surface area contributed by atoms with Crippen LogP contribution in [0.15, 0.2) is 16.5 Å². The van der Waals surface area contributed by atoms with Crippen molar-refractivity contribution in [2.45, 2.75) is 32.6 Å². The lowest BCUT2D eigenvalue weighted by Gasteiger charge is -2.35. The van der Waals surface area contributed by atoms with Gasteiger partial charge in [-0.15, -0.1) is 0 Å². The lowest BCUT2D eigenvalue weighted by molar-refractivity contribution is -0.0983. The molecule has 1 aliphatic heterocycles. The Bertz CT molecular complexity index is 337. The Labute approximate surface area is 95.8 Å². The first-order valence-corrected chi connectivity index (χ1v) is 5.71. The summed E-state index contributed by atoms with van der Waals surface area (Å²) >= 11 is 0. The molecule has 0 aromatic carbocycles. The average Bonchev–Trinajstić information content (AvgIpc) is 2.63. The third-order valence-electron chi connectivity index (χ3n) is 2.78. The average molecular weight is 225 g/mol. The first kappa shape index (κ1) is 11.6. The molecule has 0 bridgehead atoms. The van der Waals surface area contributed by atoms with E-state index in [2.05, 4.69) is 4.90 Å². The zero-order valence-electron chi connectivity index (χ0n) is 9.85. The van der Waals surface area contributed by atoms with E-state index in [0.29, 0.717) is 0 Å². The van der Waals surface area contributed by atoms with Crippen LogP contribution in [0.3, 0.4) is 0 Å². The minimum atomic E-state index is -0.0696. The first-order chi connectivity index (χ1) is 7.67. The molecule has 16 heavy (non-hydrogen) atoms. The maximum Gasteiger partial charge on any atom is 0.118 e. The lowest BCUT2D eigenvalue weighted by atomic mass is 10.2. The number of hydrogen-bond acceptors (Lipinski definition) is 4. The Balaban J connectivity index is 1.93. The molecule has 1 fully saturated rings. The third kappa shape index (κ3) is 2.84. The number of furan rings is 1. The standard InChI is InChI=1S/C12H19NO3/c1-9-3-4-11(15-9)6-13-5-10(2)16-12(7-13)8-14/h3-4,10,12,14H,5-8H2,1-2H3. The highest BCUT2D eigenvalue weighted by atomic mass is 16.5. The van der Waals surface area contributed by atoms with Crippen LogP contribution >= 0.6 is 0 Å². The molecule has 0 aliphatic carbocycles. The molecule has 1 saturated heterocycles. The van der Waals surface area contributed by atoms with Gasteiger partial charge in [0, 0.05) is 13.1 Å². The molecule has 2 rings (SSSR count). The number of aryl methyl sites for hydroxylation is 1. The van der Waals surface area contributed by atoms with Gasteiger partial charge in [-0.2, -0.15) is 0 Å². The number of aliphatic hydroxyl groups is 1. The molecule has 0 saturated carbocycles. The van der Waals surface area contributed by atoms with E-state index in [1.54, 1.807) is 0 Å². The molecule has 0 spiro atoms. The summed E-state index contributed by atoms with van der Waals surface area (Å²) in [5.41, 5.74) is 0. The van der Waals surface area contributed by atoms with Gasteiger partial charge in [0.25, 0.3) is 0 Å². The lowest BCUT2D eigenvalue weighted by Crippen LogP contribution is -2.47. The van der Waals surface area contributed by atoms with Gasteiger partial charge >= 0.3 is 0 Å². The molecule has 1 aliphatic rings. The highest BCUT2D eigenvalue weighted by molar-refractivity contribution is 5.05. The zero-order chi connectivity index (χ0) is 11.5. The quantitative estimate of drug-likeness (QED) is 0.838. The first-order valence-electron chi connectivity index (χ1n) is 5.71. The Morgan fingerprint density at radius 1 is 1.44 bits per heavy atom. The molecular formula is C12H19NO3. The van der Waals surface area contributed by atoms with E-state index in [4.69, 9.17) is 14.3 Å². The molecule has 0 radical (unpaired) electrons. The molecule has 0 amide bonds. The van der Waals surface area contributed by atoms with Gasteiger partial charge in [0.05, 0.1) is 25.4 Å². The largest absolute Gasteiger partial charge is 0.465 e. The van der Waals surface area contributed by atoms with Crippen LogP contribution in [-0.2, 0) is 11.3 Å². The second-order valence-corrected chi connectivity index (χ2v) is 4.46. The number of aliphatic hydroxyl groups excluding tert-OH is 1. The number of rotatable bonds is 3. The van der Waals surface area contributed by atoms with Crippen molar-refractivity contribution in [3.8, 4) is 0 Å². The van der Waals surface area contributed by atoms with Crippen molar-refractivity contribution in [2.24, 2.45) is 0 Å². The van der Waals surface area contributed by atoms with Crippen molar-refractivity contribution in [1.82, 2.24) is 4.90 Å². The van der Waals surface area contributed by atoms with Crippen LogP contribution in [0.2, 0.25) is 0 Å². The summed E-state index contributed by atoms with van der Waals surface area (Å²) in [4.78, 5) is 2.26. The smallest absolute Gasteiger partial charge is 0.118 e. The predicted octanol–water partition coefficient (Wildman–Crippen LogP) is 1.17. The molecule has 2 unspecified atom stereocenters. The van der Waals surface area contributed by atoms with E-state index in [-0.39, 0.29) is 18.8 Å². The van der Waals surface area contributed by atoms with Gasteiger partial charge < -0.3 is 14.3 Å². The fraction of sp³-hybridized carbons (Fsp3) is 0.667. The molecule has 1 N–H and O–H groups in total. The second-order valence-electron chi connectivity index (χ2n) is 4.46. The summed E-state index contributed by atoms with van der Waals surface area (Å²) < 4.78 is 11.1. The topological polar surface area (TPSA) is 45.8 Å². The summed E-state index contributed by atoms with van der Waals surface area (Å²) in [6.45, 7) is 6.50. The summed E-state index contributed by atoms with van der Waals surface area (Å²) in [5, 5.41) is 9.12. The van der Waals surface area contributed by atoms with Crippen LogP contribution in [0.25, 0.3) is 0 Å². The number of ether oxygens (including phenoxy) is 1. The van der Waals surface area contributed by atoms with E-state index in [1.807, 2.05) is 26.0 Å². The molecule has 4 heteroatoms. The maximum atomic E-state index is 9.12. The normalized spacial score (nSPS) is 27.2. The van der Waals surface area contributed by atoms with Crippen LogP contribution < -0.4 is 0 Å². The van der Waals surface area contributed by atoms with Crippen molar-refractivity contribution in [2.75, 3.05) is 19.7 Å². The predicted molar refractivity (Wildman–Crippen MR) is 60.1 cm³/mol. The second kappa shape index (κ2) is 4.99. The van der Waals surface area contributed by atoms with Gasteiger partial charge in [-0.05, 0) is 26.0 Å². The summed E-state index contributed by atoms with van der Waals surface area (Å²) in [6, 6.07) is 3.98. The molecule has 2 atom stereocenters. The van der Waals surface area contributed by atoms with Crippen molar-refractivity contribution < 1.29 is 14.3 Å². The highest BCUT2D eigenvalue weighted by Gasteiger charge is 2.25. The fourth-order valence-corrected chi connectivity index (χ4v) is 2.16. The molecule has 2 heterocycles. The molecule has 1 aromatic rings. The zero-order valence-corrected chi connectivity index (χ0v) is 9.85. The fourth-order valence-electron chi connectivity index (χ4n) is 2.16. The molecule has 90 valence electrons. The van der Waals surface area contributed by atoms with Crippen LogP contribution in [0.5, 0.6) is 0 Å². The van der Waals surface area contributed by atoms with Crippen molar-refractivity contribution >= 4 is 0 Å². The number of nitrogens with zero attached hydrogens (tertiary/aromatic N) is 1. The van der Waals surface area contributed by atoms with Gasteiger partial charge in [-0.1, -0.05) is 0 Å². The third-order valence-corrected chi connectivity index (χ3v) is 2.78. The van der Waals surface area contributed by atoms with Crippen molar-refractivity contribution in [3.05, 3.63) is 23.7 Å². The van der Waals surface area contributed by atoms with Gasteiger partial charge in [0.1, 0.15) is 11.5 Å². The summed E-state index contributed by atoms with van der Waals surface area (Å²) in [7, 11) is 0. The Hall–Kier alpha value is -0.840. The maximum absolute atomic E-state index is 9.12. The van der Waals surface area contributed by atoms with Crippen molar-refractivity contribution in [3.63, 3.8) is 0 Å². The van der Waals surface area contributed by atoms with Gasteiger partial charge in [0.2, 0.25) is 0 Å². The Morgan fingerprint density at radius 2 is 2.25 bits per heavy atom. The summed E-state index contributed by atoms with van der Waals surface area (Å²) in [5.74, 6) is 1.92. The van der Waals surface area contributed by atoms with Crippen LogP contribution in [0, 0.1) is 6.92 Å². The van der Waals surface area contributed by atoms with Gasteiger partial charge in [-0.3, -0.25) is 4.90 Å². The highest BCUT2D eigenvalue weighted by Crippen LogP contribution is 2.15. The Kier molecular flexibility index (Phi) is 3.63. The van der Waals surface area contributed by atoms with Crippen LogP contribution in [0.4, 0.5) is 0 Å². The van der Waals surface area contributed by atoms with E-state index in [0.717, 1.165) is 31.2 Å². The molecular weight excluding hydrogens is 206 g/mol. The van der Waals surface area contributed by atoms with E-state index in [9.17, 15) is 0 Å². The minimum absolute atomic E-state index is 0.0696. The SMILES string of the molecule is Cc1ccc(CN2CC(C)OC(CO)C2)o1. The minimum Gasteiger partial charge on any atom is -0.465 e. The number of hydrogen-bond donors (Lipinski definition) is 1. The van der Waals surface area contributed by atoms with E-state index >= 15 is 0 Å². The van der Waals surface area contributed by atoms with Gasteiger partial charge in [0.15, 0.2) is 0 Å². The summed E-state index contributed by atoms with van der Waals surface area (Å²) in [6.07, 6.45) is 0.0989. The van der Waals surface area contributed by atoms with Crippen LogP contribution in [-0.4, -0.2) is 41.9 Å². The molecule has 1 aromatic heterocycles. The number of morpholine rings is 1. The van der Waals surface area contributed by atoms with E-state index in [1.165, 1.54) is 0 Å². The Morgan fingerprint density at radius 3 is 2.88 bits per heavy atom. The van der Waals surface area contributed by atoms with E-state index < -0.39 is 0 Å².